The molecule has 0 saturated heterocycles. The Kier molecular flexibility index (Phi) is 7.95. The lowest BCUT2D eigenvalue weighted by atomic mass is 9.94. The van der Waals surface area contributed by atoms with Gasteiger partial charge in [-0.15, -0.1) is 11.6 Å². The molecule has 0 saturated carbocycles. The Morgan fingerprint density at radius 1 is 0.806 bits per heavy atom. The third kappa shape index (κ3) is 5.96. The van der Waals surface area contributed by atoms with Gasteiger partial charge in [0.15, 0.2) is 0 Å². The first kappa shape index (κ1) is 27.4. The van der Waals surface area contributed by atoms with E-state index in [1.54, 1.807) is 44.2 Å². The number of nitrogens with one attached hydrogen (secondary N) is 3. The number of hydrogen-bond donors (Lipinski definition) is 3. The molecule has 10 heteroatoms. The van der Waals surface area contributed by atoms with Crippen molar-refractivity contribution in [3.8, 4) is 0 Å². The van der Waals surface area contributed by atoms with Gasteiger partial charge < -0.3 is 10.6 Å². The number of benzene rings is 3. The van der Waals surface area contributed by atoms with Crippen LogP contribution in [0.25, 0.3) is 10.8 Å². The normalized spacial score (nSPS) is 12.3. The van der Waals surface area contributed by atoms with Crippen LogP contribution in [0.1, 0.15) is 27.7 Å². The molecule has 3 rings (SSSR count). The average molecular weight is 534 g/mol. The van der Waals surface area contributed by atoms with Crippen LogP contribution in [0, 0.1) is 10.8 Å². The molecule has 192 valence electrons. The van der Waals surface area contributed by atoms with E-state index < -0.39 is 33.4 Å². The summed E-state index contributed by atoms with van der Waals surface area (Å²) in [6.07, 6.45) is 0. The molecule has 3 aromatic carbocycles. The fourth-order valence-electron chi connectivity index (χ4n) is 3.17. The Balaban J connectivity index is 1.87. The van der Waals surface area contributed by atoms with Crippen LogP contribution in [-0.4, -0.2) is 32.8 Å². The van der Waals surface area contributed by atoms with Gasteiger partial charge in [-0.1, -0.05) is 24.3 Å². The standard InChI is InChI=1S/C26H29ClFN3O4S/c1-25(2,15-27)23(32)30-21-9-5-8-20-19(21)7-6-10-22(20)36(34,35)31-18-13-11-17(12-14-18)29-24(33)26(3,4)16-28/h5-14,31H,15-16H2,1-4H3,(H,29,33)(H,30,32). The van der Waals surface area contributed by atoms with E-state index in [2.05, 4.69) is 15.4 Å². The van der Waals surface area contributed by atoms with Crippen molar-refractivity contribution in [3.63, 3.8) is 0 Å². The van der Waals surface area contributed by atoms with Gasteiger partial charge in [0.05, 0.1) is 15.7 Å². The summed E-state index contributed by atoms with van der Waals surface area (Å²) < 4.78 is 42.1. The zero-order chi connectivity index (χ0) is 26.7. The highest BCUT2D eigenvalue weighted by molar-refractivity contribution is 7.93. The minimum absolute atomic E-state index is 0.0368. The van der Waals surface area contributed by atoms with Gasteiger partial charge in [0, 0.05) is 33.7 Å². The summed E-state index contributed by atoms with van der Waals surface area (Å²) in [5, 5.41) is 6.46. The molecular formula is C26H29ClFN3O4S. The van der Waals surface area contributed by atoms with Crippen molar-refractivity contribution in [1.82, 2.24) is 0 Å². The van der Waals surface area contributed by atoms with Crippen molar-refractivity contribution in [3.05, 3.63) is 60.7 Å². The molecule has 0 radical (unpaired) electrons. The van der Waals surface area contributed by atoms with Crippen LogP contribution < -0.4 is 15.4 Å². The van der Waals surface area contributed by atoms with Crippen LogP contribution in [0.5, 0.6) is 0 Å². The van der Waals surface area contributed by atoms with Crippen LogP contribution in [0.15, 0.2) is 65.6 Å². The highest BCUT2D eigenvalue weighted by Crippen LogP contribution is 2.31. The van der Waals surface area contributed by atoms with E-state index in [4.69, 9.17) is 11.6 Å². The molecule has 3 aromatic rings. The summed E-state index contributed by atoms with van der Waals surface area (Å²) in [6.45, 7) is 5.62. The molecule has 0 spiro atoms. The van der Waals surface area contributed by atoms with Crippen LogP contribution in [-0.2, 0) is 19.6 Å². The van der Waals surface area contributed by atoms with Gasteiger partial charge >= 0.3 is 0 Å². The maximum atomic E-state index is 13.3. The Labute approximate surface area is 215 Å². The predicted molar refractivity (Wildman–Crippen MR) is 143 cm³/mol. The van der Waals surface area contributed by atoms with Gasteiger partial charge in [-0.05, 0) is 64.1 Å². The third-order valence-electron chi connectivity index (χ3n) is 5.71. The van der Waals surface area contributed by atoms with E-state index in [0.29, 0.717) is 22.1 Å². The second kappa shape index (κ2) is 10.4. The maximum Gasteiger partial charge on any atom is 0.262 e. The first-order chi connectivity index (χ1) is 16.8. The summed E-state index contributed by atoms with van der Waals surface area (Å²) in [5.41, 5.74) is -0.809. The molecule has 0 aliphatic heterocycles. The minimum atomic E-state index is -4.00. The molecule has 3 N–H and O–H groups in total. The molecule has 0 heterocycles. The van der Waals surface area contributed by atoms with Crippen LogP contribution in [0.3, 0.4) is 0 Å². The molecule has 7 nitrogen and oxygen atoms in total. The van der Waals surface area contributed by atoms with E-state index in [1.807, 2.05) is 0 Å². The second-order valence-corrected chi connectivity index (χ2v) is 11.7. The number of anilines is 3. The predicted octanol–water partition coefficient (Wildman–Crippen LogP) is 5.78. The number of alkyl halides is 2. The maximum absolute atomic E-state index is 13.3. The number of halogens is 2. The van der Waals surface area contributed by atoms with Gasteiger partial charge in [-0.3, -0.25) is 14.3 Å². The number of carbonyl (C=O) groups is 2. The van der Waals surface area contributed by atoms with Crippen molar-refractivity contribution in [2.75, 3.05) is 27.9 Å². The first-order valence-electron chi connectivity index (χ1n) is 11.2. The highest BCUT2D eigenvalue weighted by Gasteiger charge is 2.28. The summed E-state index contributed by atoms with van der Waals surface area (Å²) in [4.78, 5) is 24.8. The number of rotatable bonds is 9. The van der Waals surface area contributed by atoms with Crippen molar-refractivity contribution in [1.29, 1.82) is 0 Å². The van der Waals surface area contributed by atoms with Crippen LogP contribution in [0.4, 0.5) is 21.5 Å². The molecule has 2 amide bonds. The quantitative estimate of drug-likeness (QED) is 0.303. The smallest absolute Gasteiger partial charge is 0.262 e. The van der Waals surface area contributed by atoms with Crippen molar-refractivity contribution in [2.45, 2.75) is 32.6 Å². The van der Waals surface area contributed by atoms with E-state index in [1.165, 1.54) is 44.2 Å². The molecule has 0 unspecified atom stereocenters. The lowest BCUT2D eigenvalue weighted by Crippen LogP contribution is -2.32. The lowest BCUT2D eigenvalue weighted by Gasteiger charge is -2.21. The molecule has 0 aliphatic rings. The van der Waals surface area contributed by atoms with Crippen LogP contribution >= 0.6 is 11.6 Å². The number of hydrogen-bond acceptors (Lipinski definition) is 4. The minimum Gasteiger partial charge on any atom is -0.326 e. The Morgan fingerprint density at radius 2 is 1.36 bits per heavy atom. The van der Waals surface area contributed by atoms with E-state index in [0.717, 1.165) is 0 Å². The summed E-state index contributed by atoms with van der Waals surface area (Å²) in [6, 6.07) is 15.9. The van der Waals surface area contributed by atoms with E-state index >= 15 is 0 Å². The number of fused-ring (bicyclic) bond motifs is 1. The number of amides is 2. The number of carbonyl (C=O) groups excluding carboxylic acids is 2. The molecule has 0 fully saturated rings. The summed E-state index contributed by atoms with van der Waals surface area (Å²) in [5.74, 6) is -0.631. The van der Waals surface area contributed by atoms with Gasteiger partial charge in [0.1, 0.15) is 6.67 Å². The molecule has 0 aromatic heterocycles. The Morgan fingerprint density at radius 3 is 1.97 bits per heavy atom. The molecule has 0 bridgehead atoms. The van der Waals surface area contributed by atoms with Crippen molar-refractivity contribution in [2.24, 2.45) is 10.8 Å². The molecule has 0 atom stereocenters. The Bertz CT molecular complexity index is 1390. The van der Waals surface area contributed by atoms with Gasteiger partial charge in [-0.2, -0.15) is 0 Å². The fraction of sp³-hybridized carbons (Fsp3) is 0.308. The SMILES string of the molecule is CC(C)(CF)C(=O)Nc1ccc(NS(=O)(=O)c2cccc3c(NC(=O)C(C)(C)CCl)cccc23)cc1. The second-order valence-electron chi connectivity index (χ2n) is 9.78. The number of sulfonamides is 1. The molecule has 0 aliphatic carbocycles. The van der Waals surface area contributed by atoms with Crippen LogP contribution in [0.2, 0.25) is 0 Å². The Hall–Kier alpha value is -3.17. The monoisotopic (exact) mass is 533 g/mol. The lowest BCUT2D eigenvalue weighted by molar-refractivity contribution is -0.124. The third-order valence-corrected chi connectivity index (χ3v) is 7.82. The summed E-state index contributed by atoms with van der Waals surface area (Å²) >= 11 is 5.91. The van der Waals surface area contributed by atoms with E-state index in [-0.39, 0.29) is 22.4 Å². The zero-order valence-electron chi connectivity index (χ0n) is 20.5. The highest BCUT2D eigenvalue weighted by atomic mass is 35.5. The largest absolute Gasteiger partial charge is 0.326 e. The van der Waals surface area contributed by atoms with Gasteiger partial charge in [-0.25, -0.2) is 12.8 Å². The summed E-state index contributed by atoms with van der Waals surface area (Å²) in [7, 11) is -4.00. The average Bonchev–Trinajstić information content (AvgIpc) is 2.84. The van der Waals surface area contributed by atoms with Crippen molar-refractivity contribution >= 4 is 61.3 Å². The molecular weight excluding hydrogens is 505 g/mol. The topological polar surface area (TPSA) is 104 Å². The first-order valence-corrected chi connectivity index (χ1v) is 13.2. The molecule has 36 heavy (non-hydrogen) atoms. The van der Waals surface area contributed by atoms with Crippen molar-refractivity contribution < 1.29 is 22.4 Å². The fourth-order valence-corrected chi connectivity index (χ4v) is 4.57. The van der Waals surface area contributed by atoms with E-state index in [9.17, 15) is 22.4 Å². The van der Waals surface area contributed by atoms with Gasteiger partial charge in [0.25, 0.3) is 10.0 Å². The van der Waals surface area contributed by atoms with Gasteiger partial charge in [0.2, 0.25) is 11.8 Å². The zero-order valence-corrected chi connectivity index (χ0v) is 22.1.